The molecule has 0 aliphatic rings. The largest absolute Gasteiger partial charge is 0.393 e. The first-order valence-electron chi connectivity index (χ1n) is 6.51. The number of rotatable bonds is 8. The summed E-state index contributed by atoms with van der Waals surface area (Å²) in [6, 6.07) is 8.31. The summed E-state index contributed by atoms with van der Waals surface area (Å²) < 4.78 is 11.5. The number of aliphatic hydroxyl groups is 1. The molecule has 1 atom stereocenters. The smallest absolute Gasteiger partial charge is 0.0700 e. The minimum atomic E-state index is -0.347. The second kappa shape index (κ2) is 7.60. The Kier molecular flexibility index (Phi) is 5.79. The number of aliphatic hydroxyl groups excluding tert-OH is 1. The van der Waals surface area contributed by atoms with E-state index >= 15 is 0 Å². The van der Waals surface area contributed by atoms with Gasteiger partial charge in [0.25, 0.3) is 0 Å². The standard InChI is InChI=1S/C15H20O3S/c1-17-8-9-18-7-6-13(16)10-12-11-19-15-5-3-2-4-14(12)15/h2-5,11,13,16H,6-10H2,1H3. The fourth-order valence-corrected chi connectivity index (χ4v) is 2.99. The first-order valence-corrected chi connectivity index (χ1v) is 7.39. The maximum atomic E-state index is 10.0. The lowest BCUT2D eigenvalue weighted by molar-refractivity contribution is 0.0480. The molecule has 2 aromatic rings. The number of methoxy groups -OCH3 is 1. The van der Waals surface area contributed by atoms with Crippen LogP contribution in [0.15, 0.2) is 29.6 Å². The third kappa shape index (κ3) is 4.28. The topological polar surface area (TPSA) is 38.7 Å². The molecule has 0 aliphatic carbocycles. The quantitative estimate of drug-likeness (QED) is 0.756. The van der Waals surface area contributed by atoms with Crippen LogP contribution < -0.4 is 0 Å². The van der Waals surface area contributed by atoms with Gasteiger partial charge in [-0.1, -0.05) is 18.2 Å². The molecule has 104 valence electrons. The Bertz CT molecular complexity index is 495. The third-order valence-electron chi connectivity index (χ3n) is 3.04. The van der Waals surface area contributed by atoms with Crippen LogP contribution in [0.3, 0.4) is 0 Å². The van der Waals surface area contributed by atoms with Gasteiger partial charge in [0.05, 0.1) is 19.3 Å². The Balaban J connectivity index is 1.80. The van der Waals surface area contributed by atoms with Crippen molar-refractivity contribution in [1.29, 1.82) is 0 Å². The third-order valence-corrected chi connectivity index (χ3v) is 4.06. The summed E-state index contributed by atoms with van der Waals surface area (Å²) in [4.78, 5) is 0. The highest BCUT2D eigenvalue weighted by atomic mass is 32.1. The Hall–Kier alpha value is -0.940. The molecular formula is C15H20O3S. The van der Waals surface area contributed by atoms with Crippen molar-refractivity contribution in [2.75, 3.05) is 26.9 Å². The molecule has 0 radical (unpaired) electrons. The van der Waals surface area contributed by atoms with E-state index in [1.54, 1.807) is 18.4 Å². The van der Waals surface area contributed by atoms with Crippen LogP contribution in [0, 0.1) is 0 Å². The van der Waals surface area contributed by atoms with Gasteiger partial charge in [0.1, 0.15) is 0 Å². The van der Waals surface area contributed by atoms with Crippen LogP contribution in [0.4, 0.5) is 0 Å². The zero-order chi connectivity index (χ0) is 13.5. The molecule has 19 heavy (non-hydrogen) atoms. The van der Waals surface area contributed by atoms with Crippen molar-refractivity contribution in [2.45, 2.75) is 18.9 Å². The van der Waals surface area contributed by atoms with E-state index in [0.29, 0.717) is 32.7 Å². The number of hydrogen-bond acceptors (Lipinski definition) is 4. The molecule has 3 nitrogen and oxygen atoms in total. The van der Waals surface area contributed by atoms with Gasteiger partial charge in [0.2, 0.25) is 0 Å². The van der Waals surface area contributed by atoms with Crippen LogP contribution in [0.5, 0.6) is 0 Å². The van der Waals surface area contributed by atoms with Gasteiger partial charge in [-0.25, -0.2) is 0 Å². The minimum absolute atomic E-state index is 0.347. The van der Waals surface area contributed by atoms with Gasteiger partial charge in [-0.2, -0.15) is 0 Å². The maximum absolute atomic E-state index is 10.0. The summed E-state index contributed by atoms with van der Waals surface area (Å²) in [6.45, 7) is 1.77. The second-order valence-corrected chi connectivity index (χ2v) is 5.42. The summed E-state index contributed by atoms with van der Waals surface area (Å²) in [5, 5.41) is 13.4. The van der Waals surface area contributed by atoms with Crippen molar-refractivity contribution in [1.82, 2.24) is 0 Å². The van der Waals surface area contributed by atoms with Crippen LogP contribution in [0.1, 0.15) is 12.0 Å². The molecule has 0 bridgehead atoms. The summed E-state index contributed by atoms with van der Waals surface area (Å²) in [5.74, 6) is 0. The molecule has 1 aromatic heterocycles. The molecule has 1 unspecified atom stereocenters. The lowest BCUT2D eigenvalue weighted by Gasteiger charge is -2.10. The van der Waals surface area contributed by atoms with Crippen molar-refractivity contribution < 1.29 is 14.6 Å². The average Bonchev–Trinajstić information content (AvgIpc) is 2.82. The molecule has 1 aromatic carbocycles. The molecule has 0 fully saturated rings. The Labute approximate surface area is 117 Å². The van der Waals surface area contributed by atoms with Gasteiger partial charge in [0, 0.05) is 18.4 Å². The van der Waals surface area contributed by atoms with Gasteiger partial charge < -0.3 is 14.6 Å². The van der Waals surface area contributed by atoms with Gasteiger partial charge in [-0.3, -0.25) is 0 Å². The van der Waals surface area contributed by atoms with Crippen LogP contribution in [-0.4, -0.2) is 38.1 Å². The lowest BCUT2D eigenvalue weighted by Crippen LogP contribution is -2.14. The molecular weight excluding hydrogens is 260 g/mol. The van der Waals surface area contributed by atoms with E-state index in [2.05, 4.69) is 17.5 Å². The van der Waals surface area contributed by atoms with Crippen LogP contribution in [-0.2, 0) is 15.9 Å². The van der Waals surface area contributed by atoms with Crippen molar-refractivity contribution in [2.24, 2.45) is 0 Å². The van der Waals surface area contributed by atoms with Crippen molar-refractivity contribution in [3.8, 4) is 0 Å². The van der Waals surface area contributed by atoms with Crippen LogP contribution >= 0.6 is 11.3 Å². The van der Waals surface area contributed by atoms with Gasteiger partial charge in [0.15, 0.2) is 0 Å². The molecule has 4 heteroatoms. The predicted molar refractivity (Wildman–Crippen MR) is 78.8 cm³/mol. The number of ether oxygens (including phenoxy) is 2. The van der Waals surface area contributed by atoms with E-state index in [0.717, 1.165) is 0 Å². The van der Waals surface area contributed by atoms with E-state index in [1.165, 1.54) is 15.6 Å². The van der Waals surface area contributed by atoms with E-state index in [1.807, 2.05) is 12.1 Å². The highest BCUT2D eigenvalue weighted by Gasteiger charge is 2.09. The molecule has 0 saturated carbocycles. The van der Waals surface area contributed by atoms with Gasteiger partial charge in [-0.05, 0) is 35.2 Å². The monoisotopic (exact) mass is 280 g/mol. The SMILES string of the molecule is COCCOCCC(O)Cc1csc2ccccc12. The normalized spacial score (nSPS) is 12.9. The van der Waals surface area contributed by atoms with Crippen LogP contribution in [0.2, 0.25) is 0 Å². The van der Waals surface area contributed by atoms with Crippen molar-refractivity contribution >= 4 is 21.4 Å². The van der Waals surface area contributed by atoms with Crippen molar-refractivity contribution in [3.05, 3.63) is 35.2 Å². The Morgan fingerprint density at radius 3 is 2.89 bits per heavy atom. The molecule has 0 spiro atoms. The van der Waals surface area contributed by atoms with Crippen molar-refractivity contribution in [3.63, 3.8) is 0 Å². The first kappa shape index (κ1) is 14.5. The highest BCUT2D eigenvalue weighted by Crippen LogP contribution is 2.26. The Morgan fingerprint density at radius 2 is 2.05 bits per heavy atom. The number of benzene rings is 1. The molecule has 0 saturated heterocycles. The fourth-order valence-electron chi connectivity index (χ4n) is 2.01. The summed E-state index contributed by atoms with van der Waals surface area (Å²) >= 11 is 1.73. The first-order chi connectivity index (χ1) is 9.31. The minimum Gasteiger partial charge on any atom is -0.393 e. The predicted octanol–water partition coefficient (Wildman–Crippen LogP) is 2.86. The number of hydrogen-bond donors (Lipinski definition) is 1. The molecule has 1 heterocycles. The molecule has 0 aliphatic heterocycles. The van der Waals surface area contributed by atoms with E-state index < -0.39 is 0 Å². The zero-order valence-corrected chi connectivity index (χ0v) is 12.0. The molecule has 1 N–H and O–H groups in total. The highest BCUT2D eigenvalue weighted by molar-refractivity contribution is 7.17. The lowest BCUT2D eigenvalue weighted by atomic mass is 10.1. The summed E-state index contributed by atoms with van der Waals surface area (Å²) in [5.41, 5.74) is 1.23. The zero-order valence-electron chi connectivity index (χ0n) is 11.2. The average molecular weight is 280 g/mol. The fraction of sp³-hybridized carbons (Fsp3) is 0.467. The number of fused-ring (bicyclic) bond motifs is 1. The Morgan fingerprint density at radius 1 is 1.21 bits per heavy atom. The maximum Gasteiger partial charge on any atom is 0.0700 e. The van der Waals surface area contributed by atoms with Gasteiger partial charge in [-0.15, -0.1) is 11.3 Å². The van der Waals surface area contributed by atoms with E-state index in [9.17, 15) is 5.11 Å². The summed E-state index contributed by atoms with van der Waals surface area (Å²) in [7, 11) is 1.65. The van der Waals surface area contributed by atoms with E-state index in [-0.39, 0.29) is 6.10 Å². The summed E-state index contributed by atoms with van der Waals surface area (Å²) in [6.07, 6.45) is 1.01. The molecule has 0 amide bonds. The van der Waals surface area contributed by atoms with E-state index in [4.69, 9.17) is 9.47 Å². The van der Waals surface area contributed by atoms with Crippen LogP contribution in [0.25, 0.3) is 10.1 Å². The van der Waals surface area contributed by atoms with Gasteiger partial charge >= 0.3 is 0 Å². The second-order valence-electron chi connectivity index (χ2n) is 4.51. The number of thiophene rings is 1. The molecule has 2 rings (SSSR count).